The summed E-state index contributed by atoms with van der Waals surface area (Å²) >= 11 is 7.65. The largest absolute Gasteiger partial charge is 0.353 e. The van der Waals surface area contributed by atoms with E-state index in [2.05, 4.69) is 33.8 Å². The van der Waals surface area contributed by atoms with E-state index in [-0.39, 0.29) is 5.91 Å². The van der Waals surface area contributed by atoms with Crippen LogP contribution >= 0.6 is 22.9 Å². The number of benzene rings is 1. The highest BCUT2D eigenvalue weighted by Gasteiger charge is 2.20. The lowest BCUT2D eigenvalue weighted by atomic mass is 10.0. The fraction of sp³-hybridized carbons (Fsp3) is 0.421. The van der Waals surface area contributed by atoms with Crippen molar-refractivity contribution in [3.05, 3.63) is 57.2 Å². The van der Waals surface area contributed by atoms with Crippen LogP contribution in [0.3, 0.4) is 0 Å². The van der Waals surface area contributed by atoms with Gasteiger partial charge >= 0.3 is 0 Å². The van der Waals surface area contributed by atoms with Crippen LogP contribution in [0.5, 0.6) is 0 Å². The van der Waals surface area contributed by atoms with Crippen LogP contribution in [0.1, 0.15) is 29.7 Å². The van der Waals surface area contributed by atoms with E-state index in [1.165, 1.54) is 10.4 Å². The van der Waals surface area contributed by atoms with E-state index >= 15 is 0 Å². The van der Waals surface area contributed by atoms with Crippen molar-refractivity contribution in [2.24, 2.45) is 0 Å². The van der Waals surface area contributed by atoms with Crippen LogP contribution in [0, 0.1) is 0 Å². The maximum absolute atomic E-state index is 12.1. The molecule has 1 fully saturated rings. The molecule has 0 atom stereocenters. The molecule has 3 rings (SSSR count). The predicted molar refractivity (Wildman–Crippen MR) is 101 cm³/mol. The number of thiophene rings is 1. The highest BCUT2D eigenvalue weighted by Crippen LogP contribution is 2.16. The molecule has 24 heavy (non-hydrogen) atoms. The third kappa shape index (κ3) is 5.33. The minimum Gasteiger partial charge on any atom is -0.353 e. The molecule has 128 valence electrons. The molecule has 1 amide bonds. The van der Waals surface area contributed by atoms with Crippen molar-refractivity contribution < 1.29 is 4.79 Å². The number of nitrogens with zero attached hydrogens (tertiary/aromatic N) is 1. The normalized spacial score (nSPS) is 16.2. The number of piperidine rings is 1. The van der Waals surface area contributed by atoms with Crippen LogP contribution in [-0.2, 0) is 17.8 Å². The lowest BCUT2D eigenvalue weighted by Crippen LogP contribution is -2.44. The smallest absolute Gasteiger partial charge is 0.220 e. The first kappa shape index (κ1) is 17.5. The van der Waals surface area contributed by atoms with Gasteiger partial charge in [-0.25, -0.2) is 0 Å². The summed E-state index contributed by atoms with van der Waals surface area (Å²) in [6.45, 7) is 3.01. The molecule has 2 heterocycles. The van der Waals surface area contributed by atoms with Crippen molar-refractivity contribution in [2.45, 2.75) is 38.3 Å². The number of rotatable bonds is 6. The molecule has 2 aromatic rings. The van der Waals surface area contributed by atoms with E-state index < -0.39 is 0 Å². The molecule has 1 N–H and O–H groups in total. The Hall–Kier alpha value is -1.36. The number of hydrogen-bond acceptors (Lipinski definition) is 3. The minimum absolute atomic E-state index is 0.180. The second-order valence-electron chi connectivity index (χ2n) is 6.32. The van der Waals surface area contributed by atoms with Crippen molar-refractivity contribution in [2.75, 3.05) is 13.1 Å². The van der Waals surface area contributed by atoms with Crippen LogP contribution in [-0.4, -0.2) is 29.9 Å². The number of nitrogens with one attached hydrogen (secondary N) is 1. The SMILES string of the molecule is O=C(CCc1cccs1)NC1CCN(Cc2ccc(Cl)cc2)CC1. The summed E-state index contributed by atoms with van der Waals surface area (Å²) < 4.78 is 0. The third-order valence-corrected chi connectivity index (χ3v) is 5.64. The second kappa shape index (κ2) is 8.65. The van der Waals surface area contributed by atoms with E-state index in [9.17, 15) is 4.79 Å². The molecule has 0 bridgehead atoms. The van der Waals surface area contributed by atoms with Gasteiger partial charge in [0.2, 0.25) is 5.91 Å². The highest BCUT2D eigenvalue weighted by atomic mass is 35.5. The molecule has 5 heteroatoms. The van der Waals surface area contributed by atoms with E-state index in [0.29, 0.717) is 12.5 Å². The zero-order valence-electron chi connectivity index (χ0n) is 13.7. The van der Waals surface area contributed by atoms with Gasteiger partial charge in [-0.1, -0.05) is 29.8 Å². The van der Waals surface area contributed by atoms with Crippen molar-refractivity contribution in [3.63, 3.8) is 0 Å². The Kier molecular flexibility index (Phi) is 6.30. The predicted octanol–water partition coefficient (Wildman–Crippen LogP) is 4.11. The topological polar surface area (TPSA) is 32.3 Å². The van der Waals surface area contributed by atoms with Gasteiger partial charge in [0.05, 0.1) is 0 Å². The number of aryl methyl sites for hydroxylation is 1. The maximum atomic E-state index is 12.1. The summed E-state index contributed by atoms with van der Waals surface area (Å²) in [5.74, 6) is 0.180. The fourth-order valence-corrected chi connectivity index (χ4v) is 3.91. The van der Waals surface area contributed by atoms with Crippen molar-refractivity contribution >= 4 is 28.8 Å². The minimum atomic E-state index is 0.180. The molecule has 1 aromatic heterocycles. The summed E-state index contributed by atoms with van der Waals surface area (Å²) in [5, 5.41) is 6.03. The first-order chi connectivity index (χ1) is 11.7. The van der Waals surface area contributed by atoms with Gasteiger partial charge in [0.25, 0.3) is 0 Å². The second-order valence-corrected chi connectivity index (χ2v) is 7.79. The Bertz CT molecular complexity index is 634. The number of amides is 1. The molecule has 1 aromatic carbocycles. The molecule has 1 saturated heterocycles. The van der Waals surface area contributed by atoms with Gasteiger partial charge < -0.3 is 5.32 Å². The number of halogens is 1. The zero-order chi connectivity index (χ0) is 16.8. The first-order valence-corrected chi connectivity index (χ1v) is 9.73. The fourth-order valence-electron chi connectivity index (χ4n) is 3.07. The summed E-state index contributed by atoms with van der Waals surface area (Å²) in [5.41, 5.74) is 1.29. The van der Waals surface area contributed by atoms with Crippen molar-refractivity contribution in [1.29, 1.82) is 0 Å². The molecule has 0 radical (unpaired) electrons. The van der Waals surface area contributed by atoms with Gasteiger partial charge in [-0.2, -0.15) is 0 Å². The highest BCUT2D eigenvalue weighted by molar-refractivity contribution is 7.09. The monoisotopic (exact) mass is 362 g/mol. The number of hydrogen-bond donors (Lipinski definition) is 1. The Morgan fingerprint density at radius 3 is 2.62 bits per heavy atom. The van der Waals surface area contributed by atoms with E-state index in [0.717, 1.165) is 43.9 Å². The van der Waals surface area contributed by atoms with Gasteiger partial charge in [-0.3, -0.25) is 9.69 Å². The quantitative estimate of drug-likeness (QED) is 0.838. The van der Waals surface area contributed by atoms with Crippen LogP contribution in [0.2, 0.25) is 5.02 Å². The lowest BCUT2D eigenvalue weighted by molar-refractivity contribution is -0.122. The van der Waals surface area contributed by atoms with E-state index in [1.807, 2.05) is 18.2 Å². The Labute approximate surface area is 152 Å². The first-order valence-electron chi connectivity index (χ1n) is 8.47. The van der Waals surface area contributed by atoms with E-state index in [1.54, 1.807) is 11.3 Å². The Morgan fingerprint density at radius 1 is 1.21 bits per heavy atom. The molecule has 0 unspecified atom stereocenters. The molecule has 1 aliphatic rings. The molecule has 1 aliphatic heterocycles. The third-order valence-electron chi connectivity index (χ3n) is 4.45. The van der Waals surface area contributed by atoms with Crippen LogP contribution < -0.4 is 5.32 Å². The van der Waals surface area contributed by atoms with Gasteiger partial charge in [-0.15, -0.1) is 11.3 Å². The standard InChI is InChI=1S/C19H23ClN2OS/c20-16-5-3-15(4-6-16)14-22-11-9-17(10-12-22)21-19(23)8-7-18-2-1-13-24-18/h1-6,13,17H,7-12,14H2,(H,21,23). The van der Waals surface area contributed by atoms with Gasteiger partial charge in [-0.05, 0) is 48.4 Å². The number of carbonyl (C=O) groups is 1. The summed E-state index contributed by atoms with van der Waals surface area (Å²) in [6.07, 6.45) is 3.49. The molecule has 0 saturated carbocycles. The average Bonchev–Trinajstić information content (AvgIpc) is 3.10. The molecular formula is C19H23ClN2OS. The zero-order valence-corrected chi connectivity index (χ0v) is 15.3. The Balaban J connectivity index is 1.37. The van der Waals surface area contributed by atoms with Crippen molar-refractivity contribution in [3.8, 4) is 0 Å². The van der Waals surface area contributed by atoms with Gasteiger partial charge in [0.1, 0.15) is 0 Å². The molecule has 0 aliphatic carbocycles. The molecule has 3 nitrogen and oxygen atoms in total. The molecule has 0 spiro atoms. The summed E-state index contributed by atoms with van der Waals surface area (Å²) in [7, 11) is 0. The van der Waals surface area contributed by atoms with E-state index in [4.69, 9.17) is 11.6 Å². The average molecular weight is 363 g/mol. The summed E-state index contributed by atoms with van der Waals surface area (Å²) in [6, 6.07) is 12.5. The maximum Gasteiger partial charge on any atom is 0.220 e. The van der Waals surface area contributed by atoms with Gasteiger partial charge in [0.15, 0.2) is 0 Å². The number of carbonyl (C=O) groups excluding carboxylic acids is 1. The van der Waals surface area contributed by atoms with Gasteiger partial charge in [0, 0.05) is 42.0 Å². The lowest BCUT2D eigenvalue weighted by Gasteiger charge is -2.32. The van der Waals surface area contributed by atoms with Crippen LogP contribution in [0.25, 0.3) is 0 Å². The summed E-state index contributed by atoms with van der Waals surface area (Å²) in [4.78, 5) is 15.8. The van der Waals surface area contributed by atoms with Crippen molar-refractivity contribution in [1.82, 2.24) is 10.2 Å². The molecular weight excluding hydrogens is 340 g/mol. The number of likely N-dealkylation sites (tertiary alicyclic amines) is 1. The van der Waals surface area contributed by atoms with Crippen LogP contribution in [0.15, 0.2) is 41.8 Å². The Morgan fingerprint density at radius 2 is 1.96 bits per heavy atom. The van der Waals surface area contributed by atoms with Crippen LogP contribution in [0.4, 0.5) is 0 Å².